The molecule has 0 amide bonds. The number of ether oxygens (including phenoxy) is 2. The second-order valence-electron chi connectivity index (χ2n) is 13.2. The van der Waals surface area contributed by atoms with Gasteiger partial charge in [-0.3, -0.25) is 4.90 Å². The third kappa shape index (κ3) is 8.05. The van der Waals surface area contributed by atoms with E-state index in [1.165, 1.54) is 37.2 Å². The number of nitrogens with zero attached hydrogens (tertiary/aromatic N) is 6. The minimum Gasteiger partial charge on any atom is -0.494 e. The van der Waals surface area contributed by atoms with Gasteiger partial charge >= 0.3 is 0 Å². The van der Waals surface area contributed by atoms with Crippen molar-refractivity contribution in [2.24, 2.45) is 0 Å². The highest BCUT2D eigenvalue weighted by molar-refractivity contribution is 9.10. The van der Waals surface area contributed by atoms with E-state index >= 15 is 0 Å². The highest BCUT2D eigenvalue weighted by Crippen LogP contribution is 2.41. The van der Waals surface area contributed by atoms with Gasteiger partial charge in [-0.2, -0.15) is 4.98 Å². The lowest BCUT2D eigenvalue weighted by Crippen LogP contribution is -2.52. The van der Waals surface area contributed by atoms with Gasteiger partial charge in [0.1, 0.15) is 18.7 Å². The molecule has 3 aromatic rings. The van der Waals surface area contributed by atoms with Crippen molar-refractivity contribution in [3.8, 4) is 5.75 Å². The number of hydrogen-bond acceptors (Lipinski definition) is 11. The number of benzene rings is 2. The Kier molecular flexibility index (Phi) is 10.6. The number of rotatable bonds is 9. The van der Waals surface area contributed by atoms with Gasteiger partial charge in [-0.15, -0.1) is 0 Å². The summed E-state index contributed by atoms with van der Waals surface area (Å²) in [6, 6.07) is 11.0. The van der Waals surface area contributed by atoms with Crippen LogP contribution in [-0.2, 0) is 9.30 Å². The minimum absolute atomic E-state index is 0.428. The zero-order chi connectivity index (χ0) is 33.1. The molecule has 0 bridgehead atoms. The van der Waals surface area contributed by atoms with E-state index in [9.17, 15) is 4.57 Å². The summed E-state index contributed by atoms with van der Waals surface area (Å²) in [5.41, 5.74) is 4.99. The largest absolute Gasteiger partial charge is 0.494 e. The number of aryl methyl sites for hydroxylation is 1. The standard InChI is InChI=1S/C34H48BrN8O3P/c1-24-20-29(31(45-3)22-30(24)43-10-8-25(9-11-43)41-14-12-40(2)13-15-41)38-34-36-23-27(35)33(39-34)37-28-7-6-26(21-32(28)47(4,5)44)42-16-18-46-19-17-42/h6-7,20-23,25H,8-19H2,1-5H3,(H2,36,37,38,39). The topological polar surface area (TPSA) is 98.3 Å². The maximum Gasteiger partial charge on any atom is 0.229 e. The molecular formula is C34H48BrN8O3P. The number of anilines is 6. The zero-order valence-corrected chi connectivity index (χ0v) is 30.7. The van der Waals surface area contributed by atoms with Crippen LogP contribution in [0.5, 0.6) is 5.75 Å². The van der Waals surface area contributed by atoms with Crippen molar-refractivity contribution < 1.29 is 14.0 Å². The quantitative estimate of drug-likeness (QED) is 0.280. The number of likely N-dealkylation sites (N-methyl/N-ethyl adjacent to an activating group) is 1. The second-order valence-corrected chi connectivity index (χ2v) is 17.2. The molecule has 0 unspecified atom stereocenters. The van der Waals surface area contributed by atoms with E-state index < -0.39 is 7.14 Å². The normalized spacial score (nSPS) is 18.8. The number of piperidine rings is 1. The van der Waals surface area contributed by atoms with Crippen LogP contribution in [0.3, 0.4) is 0 Å². The van der Waals surface area contributed by atoms with E-state index in [0.29, 0.717) is 35.5 Å². The van der Waals surface area contributed by atoms with Gasteiger partial charge in [0, 0.05) is 87.3 Å². The Morgan fingerprint density at radius 2 is 1.66 bits per heavy atom. The van der Waals surface area contributed by atoms with Crippen LogP contribution >= 0.6 is 23.1 Å². The van der Waals surface area contributed by atoms with E-state index in [1.807, 2.05) is 12.1 Å². The molecule has 4 heterocycles. The predicted octanol–water partition coefficient (Wildman–Crippen LogP) is 5.34. The van der Waals surface area contributed by atoms with Crippen LogP contribution in [0.25, 0.3) is 0 Å². The number of morpholine rings is 1. The van der Waals surface area contributed by atoms with Gasteiger partial charge in [-0.25, -0.2) is 4.98 Å². The molecule has 0 aliphatic carbocycles. The first-order valence-corrected chi connectivity index (χ1v) is 19.9. The van der Waals surface area contributed by atoms with E-state index in [1.54, 1.807) is 26.6 Å². The van der Waals surface area contributed by atoms with Gasteiger partial charge in [-0.1, -0.05) is 0 Å². The van der Waals surface area contributed by atoms with Crippen molar-refractivity contribution in [1.82, 2.24) is 19.8 Å². The van der Waals surface area contributed by atoms with E-state index in [2.05, 4.69) is 83.3 Å². The molecule has 3 saturated heterocycles. The van der Waals surface area contributed by atoms with Crippen LogP contribution in [0.1, 0.15) is 18.4 Å². The molecule has 3 aliphatic rings. The first-order chi connectivity index (χ1) is 22.6. The Labute approximate surface area is 287 Å². The number of methoxy groups -OCH3 is 1. The molecule has 2 N–H and O–H groups in total. The number of piperazine rings is 1. The molecule has 1 aromatic heterocycles. The molecule has 0 radical (unpaired) electrons. The lowest BCUT2D eigenvalue weighted by Gasteiger charge is -2.43. The van der Waals surface area contributed by atoms with Gasteiger partial charge in [0.25, 0.3) is 0 Å². The molecule has 0 atom stereocenters. The summed E-state index contributed by atoms with van der Waals surface area (Å²) in [5, 5.41) is 7.60. The number of hydrogen-bond donors (Lipinski definition) is 2. The molecule has 254 valence electrons. The Morgan fingerprint density at radius 1 is 0.936 bits per heavy atom. The summed E-state index contributed by atoms with van der Waals surface area (Å²) in [4.78, 5) is 19.2. The molecule has 6 rings (SSSR count). The summed E-state index contributed by atoms with van der Waals surface area (Å²) in [6.45, 7) is 15.5. The van der Waals surface area contributed by atoms with E-state index in [4.69, 9.17) is 14.5 Å². The monoisotopic (exact) mass is 726 g/mol. The number of halogens is 1. The highest BCUT2D eigenvalue weighted by atomic mass is 79.9. The fourth-order valence-electron chi connectivity index (χ4n) is 6.80. The molecule has 47 heavy (non-hydrogen) atoms. The van der Waals surface area contributed by atoms with Crippen molar-refractivity contribution in [2.75, 3.05) is 113 Å². The van der Waals surface area contributed by atoms with Crippen LogP contribution in [0.4, 0.5) is 34.5 Å². The predicted molar refractivity (Wildman–Crippen MR) is 197 cm³/mol. The van der Waals surface area contributed by atoms with Crippen LogP contribution < -0.4 is 30.5 Å². The van der Waals surface area contributed by atoms with Crippen molar-refractivity contribution in [2.45, 2.75) is 25.8 Å². The van der Waals surface area contributed by atoms with Crippen LogP contribution in [-0.4, -0.2) is 119 Å². The minimum atomic E-state index is -2.62. The van der Waals surface area contributed by atoms with Crippen LogP contribution in [0.15, 0.2) is 41.0 Å². The van der Waals surface area contributed by atoms with Crippen LogP contribution in [0, 0.1) is 6.92 Å². The Balaban J connectivity index is 1.17. The van der Waals surface area contributed by atoms with Crippen molar-refractivity contribution in [3.05, 3.63) is 46.6 Å². The molecule has 3 fully saturated rings. The molecule has 2 aromatic carbocycles. The third-order valence-electron chi connectivity index (χ3n) is 9.56. The molecule has 3 aliphatic heterocycles. The Bertz CT molecular complexity index is 1600. The SMILES string of the molecule is COc1cc(N2CCC(N3CCN(C)CC3)CC2)c(C)cc1Nc1ncc(Br)c(Nc2ccc(N3CCOCC3)cc2P(C)(C)=O)n1. The number of aromatic nitrogens is 2. The Morgan fingerprint density at radius 3 is 2.34 bits per heavy atom. The van der Waals surface area contributed by atoms with Crippen molar-refractivity contribution >= 4 is 62.9 Å². The highest BCUT2D eigenvalue weighted by Gasteiger charge is 2.28. The summed E-state index contributed by atoms with van der Waals surface area (Å²) in [7, 11) is 1.30. The lowest BCUT2D eigenvalue weighted by molar-refractivity contribution is 0.0982. The lowest BCUT2D eigenvalue weighted by atomic mass is 10.0. The Hall–Kier alpha value is -2.89. The molecule has 11 nitrogen and oxygen atoms in total. The zero-order valence-electron chi connectivity index (χ0n) is 28.3. The smallest absolute Gasteiger partial charge is 0.229 e. The fraction of sp³-hybridized carbons (Fsp3) is 0.529. The second kappa shape index (κ2) is 14.7. The van der Waals surface area contributed by atoms with Crippen LogP contribution in [0.2, 0.25) is 0 Å². The van der Waals surface area contributed by atoms with Gasteiger partial charge < -0.3 is 39.4 Å². The molecule has 0 saturated carbocycles. The maximum absolute atomic E-state index is 13.4. The summed E-state index contributed by atoms with van der Waals surface area (Å²) in [5.74, 6) is 1.75. The van der Waals surface area contributed by atoms with Gasteiger partial charge in [0.05, 0.1) is 36.2 Å². The average Bonchev–Trinajstić information content (AvgIpc) is 3.07. The fourth-order valence-corrected chi connectivity index (χ4v) is 8.24. The molecule has 13 heteroatoms. The molecule has 0 spiro atoms. The summed E-state index contributed by atoms with van der Waals surface area (Å²) in [6.07, 6.45) is 4.07. The van der Waals surface area contributed by atoms with Gasteiger partial charge in [0.15, 0.2) is 0 Å². The van der Waals surface area contributed by atoms with Gasteiger partial charge in [-0.05, 0) is 85.9 Å². The molecular weight excluding hydrogens is 679 g/mol. The van der Waals surface area contributed by atoms with E-state index in [-0.39, 0.29) is 0 Å². The van der Waals surface area contributed by atoms with Gasteiger partial charge in [0.2, 0.25) is 5.95 Å². The van der Waals surface area contributed by atoms with Crippen molar-refractivity contribution in [1.29, 1.82) is 0 Å². The van der Waals surface area contributed by atoms with E-state index in [0.717, 1.165) is 67.4 Å². The summed E-state index contributed by atoms with van der Waals surface area (Å²) < 4.78 is 25.5. The van der Waals surface area contributed by atoms with Crippen molar-refractivity contribution in [3.63, 3.8) is 0 Å². The first-order valence-electron chi connectivity index (χ1n) is 16.5. The number of nitrogens with one attached hydrogen (secondary N) is 2. The summed E-state index contributed by atoms with van der Waals surface area (Å²) >= 11 is 3.61. The average molecular weight is 728 g/mol. The first kappa shape index (κ1) is 34.0. The third-order valence-corrected chi connectivity index (χ3v) is 11.7. The maximum atomic E-state index is 13.4.